The van der Waals surface area contributed by atoms with E-state index >= 15 is 0 Å². The fourth-order valence-corrected chi connectivity index (χ4v) is 4.16. The summed E-state index contributed by atoms with van der Waals surface area (Å²) >= 11 is 0. The highest BCUT2D eigenvalue weighted by molar-refractivity contribution is 7.89. The molecule has 0 bridgehead atoms. The molecular weight excluding hydrogens is 376 g/mol. The lowest BCUT2D eigenvalue weighted by molar-refractivity contribution is -0.114. The van der Waals surface area contributed by atoms with Crippen LogP contribution in [0.3, 0.4) is 0 Å². The van der Waals surface area contributed by atoms with Crippen molar-refractivity contribution >= 4 is 21.6 Å². The van der Waals surface area contributed by atoms with Gasteiger partial charge < -0.3 is 9.73 Å². The van der Waals surface area contributed by atoms with Crippen LogP contribution < -0.4 is 5.32 Å². The Morgan fingerprint density at radius 3 is 2.25 bits per heavy atom. The van der Waals surface area contributed by atoms with Gasteiger partial charge in [0.2, 0.25) is 15.9 Å². The summed E-state index contributed by atoms with van der Waals surface area (Å²) in [5.41, 5.74) is 2.54. The Morgan fingerprint density at radius 2 is 1.68 bits per heavy atom. The molecule has 0 radical (unpaired) electrons. The third-order valence-electron chi connectivity index (χ3n) is 4.20. The topological polar surface area (TPSA) is 79.6 Å². The SMILES string of the molecule is CC(=O)Nc1ccc(S(=O)(=O)N(Cc2ccc(C)cc2)Cc2ccco2)cc1. The molecule has 1 amide bonds. The van der Waals surface area contributed by atoms with Crippen molar-refractivity contribution in [1.29, 1.82) is 0 Å². The molecule has 7 heteroatoms. The van der Waals surface area contributed by atoms with Gasteiger partial charge in [0.25, 0.3) is 0 Å². The van der Waals surface area contributed by atoms with Gasteiger partial charge in [0.05, 0.1) is 17.7 Å². The van der Waals surface area contributed by atoms with Crippen LogP contribution in [0, 0.1) is 6.92 Å². The van der Waals surface area contributed by atoms with Crippen molar-refractivity contribution in [3.8, 4) is 0 Å². The first-order valence-electron chi connectivity index (χ1n) is 8.80. The zero-order valence-electron chi connectivity index (χ0n) is 15.8. The van der Waals surface area contributed by atoms with E-state index in [4.69, 9.17) is 4.42 Å². The summed E-state index contributed by atoms with van der Waals surface area (Å²) in [6.07, 6.45) is 1.52. The van der Waals surface area contributed by atoms with Crippen LogP contribution in [-0.2, 0) is 27.9 Å². The van der Waals surface area contributed by atoms with Gasteiger partial charge in [-0.3, -0.25) is 4.79 Å². The van der Waals surface area contributed by atoms with Gasteiger partial charge >= 0.3 is 0 Å². The van der Waals surface area contributed by atoms with Crippen LogP contribution in [-0.4, -0.2) is 18.6 Å². The lowest BCUT2D eigenvalue weighted by Crippen LogP contribution is -2.30. The number of rotatable bonds is 7. The Morgan fingerprint density at radius 1 is 1.00 bits per heavy atom. The minimum absolute atomic E-state index is 0.122. The number of hydrogen-bond acceptors (Lipinski definition) is 4. The van der Waals surface area contributed by atoms with Crippen molar-refractivity contribution in [2.24, 2.45) is 0 Å². The summed E-state index contributed by atoms with van der Waals surface area (Å²) in [7, 11) is -3.77. The second-order valence-electron chi connectivity index (χ2n) is 6.54. The molecule has 2 aromatic carbocycles. The second kappa shape index (κ2) is 8.41. The number of carbonyl (C=O) groups excluding carboxylic acids is 1. The van der Waals surface area contributed by atoms with Crippen molar-refractivity contribution < 1.29 is 17.6 Å². The van der Waals surface area contributed by atoms with Crippen LogP contribution in [0.1, 0.15) is 23.8 Å². The van der Waals surface area contributed by atoms with Crippen molar-refractivity contribution in [2.75, 3.05) is 5.32 Å². The van der Waals surface area contributed by atoms with Crippen molar-refractivity contribution in [3.63, 3.8) is 0 Å². The predicted molar refractivity (Wildman–Crippen MR) is 107 cm³/mol. The molecule has 146 valence electrons. The number of amides is 1. The number of furan rings is 1. The first-order valence-corrected chi connectivity index (χ1v) is 10.2. The Hall–Kier alpha value is -2.90. The van der Waals surface area contributed by atoms with Crippen molar-refractivity contribution in [1.82, 2.24) is 4.31 Å². The van der Waals surface area contributed by atoms with Gasteiger partial charge in [-0.25, -0.2) is 8.42 Å². The molecule has 1 N–H and O–H groups in total. The van der Waals surface area contributed by atoms with Crippen molar-refractivity contribution in [3.05, 3.63) is 83.8 Å². The zero-order valence-corrected chi connectivity index (χ0v) is 16.6. The maximum atomic E-state index is 13.3. The van der Waals surface area contributed by atoms with Crippen LogP contribution in [0.5, 0.6) is 0 Å². The molecule has 0 unspecified atom stereocenters. The standard InChI is InChI=1S/C21H22N2O4S/c1-16-5-7-18(8-6-16)14-23(15-20-4-3-13-27-20)28(25,26)21-11-9-19(10-12-21)22-17(2)24/h3-13H,14-15H2,1-2H3,(H,22,24). The molecule has 0 aliphatic rings. The highest BCUT2D eigenvalue weighted by atomic mass is 32.2. The smallest absolute Gasteiger partial charge is 0.243 e. The molecule has 3 rings (SSSR count). The summed E-state index contributed by atoms with van der Waals surface area (Å²) < 4.78 is 33.3. The summed E-state index contributed by atoms with van der Waals surface area (Å²) in [6, 6.07) is 17.3. The van der Waals surface area contributed by atoms with E-state index in [1.165, 1.54) is 29.6 Å². The summed E-state index contributed by atoms with van der Waals surface area (Å²) in [5, 5.41) is 2.63. The Labute approximate surface area is 164 Å². The number of carbonyl (C=O) groups is 1. The van der Waals surface area contributed by atoms with Crippen molar-refractivity contribution in [2.45, 2.75) is 31.8 Å². The first-order chi connectivity index (χ1) is 13.3. The van der Waals surface area contributed by atoms with E-state index in [9.17, 15) is 13.2 Å². The van der Waals surface area contributed by atoms with Gasteiger partial charge in [0, 0.05) is 19.2 Å². The molecule has 1 heterocycles. The van der Waals surface area contributed by atoms with E-state index in [-0.39, 0.29) is 23.9 Å². The van der Waals surface area contributed by atoms with Gasteiger partial charge in [-0.15, -0.1) is 0 Å². The first kappa shape index (κ1) is 19.9. The Kier molecular flexibility index (Phi) is 5.96. The lowest BCUT2D eigenvalue weighted by Gasteiger charge is -2.22. The number of sulfonamides is 1. The van der Waals surface area contributed by atoms with E-state index < -0.39 is 10.0 Å². The summed E-state index contributed by atoms with van der Waals surface area (Å²) in [5.74, 6) is 0.347. The number of anilines is 1. The van der Waals surface area contributed by atoms with E-state index in [1.54, 1.807) is 24.3 Å². The lowest BCUT2D eigenvalue weighted by atomic mass is 10.1. The second-order valence-corrected chi connectivity index (χ2v) is 8.48. The number of benzene rings is 2. The normalized spacial score (nSPS) is 11.5. The van der Waals surface area contributed by atoms with Crippen LogP contribution >= 0.6 is 0 Å². The molecular formula is C21H22N2O4S. The molecule has 0 saturated heterocycles. The summed E-state index contributed by atoms with van der Waals surface area (Å²) in [6.45, 7) is 3.72. The quantitative estimate of drug-likeness (QED) is 0.654. The molecule has 0 atom stereocenters. The predicted octanol–water partition coefficient (Wildman–Crippen LogP) is 3.94. The summed E-state index contributed by atoms with van der Waals surface area (Å²) in [4.78, 5) is 11.3. The Bertz CT molecular complexity index is 1030. The molecule has 0 saturated carbocycles. The monoisotopic (exact) mass is 398 g/mol. The maximum Gasteiger partial charge on any atom is 0.243 e. The number of hydrogen-bond donors (Lipinski definition) is 1. The highest BCUT2D eigenvalue weighted by Gasteiger charge is 2.26. The number of nitrogens with zero attached hydrogens (tertiary/aromatic N) is 1. The zero-order chi connectivity index (χ0) is 20.1. The maximum absolute atomic E-state index is 13.3. The van der Waals surface area contributed by atoms with Crippen LogP contribution in [0.15, 0.2) is 76.2 Å². The average molecular weight is 398 g/mol. The molecule has 6 nitrogen and oxygen atoms in total. The fraction of sp³-hybridized carbons (Fsp3) is 0.190. The van der Waals surface area contributed by atoms with Gasteiger partial charge in [-0.2, -0.15) is 4.31 Å². The minimum Gasteiger partial charge on any atom is -0.468 e. The molecule has 0 spiro atoms. The van der Waals surface area contributed by atoms with Gasteiger partial charge in [0.1, 0.15) is 5.76 Å². The number of aryl methyl sites for hydroxylation is 1. The molecule has 0 aliphatic heterocycles. The Balaban J connectivity index is 1.90. The van der Waals surface area contributed by atoms with Gasteiger partial charge in [-0.1, -0.05) is 29.8 Å². The molecule has 28 heavy (non-hydrogen) atoms. The third-order valence-corrected chi connectivity index (χ3v) is 6.01. The van der Waals surface area contributed by atoms with Gasteiger partial charge in [-0.05, 0) is 48.9 Å². The van der Waals surface area contributed by atoms with E-state index in [2.05, 4.69) is 5.32 Å². The third kappa shape index (κ3) is 4.88. The number of nitrogens with one attached hydrogen (secondary N) is 1. The van der Waals surface area contributed by atoms with Crippen LogP contribution in [0.4, 0.5) is 5.69 Å². The largest absolute Gasteiger partial charge is 0.468 e. The molecule has 1 aromatic heterocycles. The van der Waals surface area contributed by atoms with Crippen LogP contribution in [0.2, 0.25) is 0 Å². The van der Waals surface area contributed by atoms with E-state index in [0.717, 1.165) is 11.1 Å². The van der Waals surface area contributed by atoms with E-state index in [0.29, 0.717) is 11.4 Å². The van der Waals surface area contributed by atoms with E-state index in [1.807, 2.05) is 31.2 Å². The fourth-order valence-electron chi connectivity index (χ4n) is 2.76. The van der Waals surface area contributed by atoms with Gasteiger partial charge in [0.15, 0.2) is 0 Å². The minimum atomic E-state index is -3.77. The van der Waals surface area contributed by atoms with Crippen LogP contribution in [0.25, 0.3) is 0 Å². The molecule has 3 aromatic rings. The highest BCUT2D eigenvalue weighted by Crippen LogP contribution is 2.23. The average Bonchev–Trinajstić information content (AvgIpc) is 3.16. The molecule has 0 fully saturated rings. The molecule has 0 aliphatic carbocycles.